The van der Waals surface area contributed by atoms with E-state index in [1.165, 1.54) is 5.56 Å². The van der Waals surface area contributed by atoms with E-state index in [9.17, 15) is 0 Å². The van der Waals surface area contributed by atoms with Gasteiger partial charge in [0.1, 0.15) is 17.7 Å². The van der Waals surface area contributed by atoms with Gasteiger partial charge in [-0.3, -0.25) is 0 Å². The van der Waals surface area contributed by atoms with Crippen molar-refractivity contribution in [2.45, 2.75) is 69.5 Å². The number of ether oxygens (including phenoxy) is 4. The number of nitrogens with zero attached hydrogens (tertiary/aromatic N) is 2. The van der Waals surface area contributed by atoms with Gasteiger partial charge >= 0.3 is 0 Å². The molecular formula is C44H43N3O4. The van der Waals surface area contributed by atoms with E-state index in [2.05, 4.69) is 84.2 Å². The number of anilines is 1. The van der Waals surface area contributed by atoms with E-state index in [4.69, 9.17) is 28.9 Å². The van der Waals surface area contributed by atoms with E-state index in [1.807, 2.05) is 60.7 Å². The maximum Gasteiger partial charge on any atom is 0.222 e. The van der Waals surface area contributed by atoms with Gasteiger partial charge in [0.05, 0.1) is 38.0 Å². The van der Waals surface area contributed by atoms with Crippen LogP contribution < -0.4 is 5.32 Å². The highest BCUT2D eigenvalue weighted by atomic mass is 16.7. The zero-order valence-corrected chi connectivity index (χ0v) is 28.7. The molecule has 8 rings (SSSR count). The highest BCUT2D eigenvalue weighted by Crippen LogP contribution is 2.45. The molecule has 1 saturated heterocycles. The van der Waals surface area contributed by atoms with Crippen LogP contribution in [0.4, 0.5) is 5.82 Å². The van der Waals surface area contributed by atoms with Crippen molar-refractivity contribution in [2.75, 3.05) is 11.9 Å². The Morgan fingerprint density at radius 2 is 1.27 bits per heavy atom. The average molecular weight is 678 g/mol. The van der Waals surface area contributed by atoms with Crippen LogP contribution in [0, 0.1) is 0 Å². The van der Waals surface area contributed by atoms with Gasteiger partial charge < -0.3 is 24.3 Å². The molecule has 2 fully saturated rings. The summed E-state index contributed by atoms with van der Waals surface area (Å²) in [6, 6.07) is 47.4. The second-order valence-corrected chi connectivity index (χ2v) is 13.5. The molecule has 0 amide bonds. The van der Waals surface area contributed by atoms with Crippen LogP contribution in [-0.4, -0.2) is 28.8 Å². The maximum atomic E-state index is 7.04. The van der Waals surface area contributed by atoms with Crippen LogP contribution in [0.25, 0.3) is 10.9 Å². The lowest BCUT2D eigenvalue weighted by atomic mass is 9.97. The zero-order chi connectivity index (χ0) is 34.3. The molecule has 2 aliphatic rings. The largest absolute Gasteiger partial charge is 0.374 e. The lowest BCUT2D eigenvalue weighted by Gasteiger charge is -2.35. The summed E-state index contributed by atoms with van der Waals surface area (Å²) in [4.78, 5) is 10.1. The molecule has 1 aliphatic carbocycles. The van der Waals surface area contributed by atoms with E-state index in [0.29, 0.717) is 45.3 Å². The minimum absolute atomic E-state index is 0.253. The normalized spacial score (nSPS) is 20.1. The summed E-state index contributed by atoms with van der Waals surface area (Å²) >= 11 is 0. The molecule has 1 aromatic heterocycles. The van der Waals surface area contributed by atoms with Crippen molar-refractivity contribution in [1.82, 2.24) is 9.97 Å². The highest BCUT2D eigenvalue weighted by Gasteiger charge is 2.52. The summed E-state index contributed by atoms with van der Waals surface area (Å²) in [5, 5.41) is 4.57. The first-order chi connectivity index (χ1) is 25.2. The molecule has 1 saturated carbocycles. The second kappa shape index (κ2) is 15.5. The van der Waals surface area contributed by atoms with Crippen LogP contribution >= 0.6 is 0 Å². The molecule has 2 heterocycles. The molecule has 3 atom stereocenters. The van der Waals surface area contributed by atoms with Gasteiger partial charge in [0.2, 0.25) is 5.79 Å². The summed E-state index contributed by atoms with van der Waals surface area (Å²) in [5.74, 6) is 0.898. The predicted molar refractivity (Wildman–Crippen MR) is 199 cm³/mol. The molecule has 0 spiro atoms. The van der Waals surface area contributed by atoms with Gasteiger partial charge in [-0.1, -0.05) is 127 Å². The zero-order valence-electron chi connectivity index (χ0n) is 28.7. The van der Waals surface area contributed by atoms with Crippen molar-refractivity contribution in [3.8, 4) is 0 Å². The van der Waals surface area contributed by atoms with E-state index in [0.717, 1.165) is 57.6 Å². The molecule has 0 unspecified atom stereocenters. The fraction of sp³-hybridized carbons (Fsp3) is 0.273. The van der Waals surface area contributed by atoms with Crippen LogP contribution in [0.3, 0.4) is 0 Å². The summed E-state index contributed by atoms with van der Waals surface area (Å²) in [7, 11) is 0. The Balaban J connectivity index is 1.15. The molecule has 1 N–H and O–H groups in total. The maximum absolute atomic E-state index is 7.04. The number of fused-ring (bicyclic) bond motifs is 1. The lowest BCUT2D eigenvalue weighted by Crippen LogP contribution is -2.41. The Kier molecular flexibility index (Phi) is 10.1. The molecule has 258 valence electrons. The quantitative estimate of drug-likeness (QED) is 0.116. The van der Waals surface area contributed by atoms with Crippen molar-refractivity contribution >= 4 is 16.7 Å². The van der Waals surface area contributed by atoms with E-state index in [1.54, 1.807) is 0 Å². The standard InChI is InChI=1S/C44H43N3O4/c1-5-13-32(14-6-1)27-45-43-39-24-23-37(25-40(39)46-42(47-43)36-21-22-36)44(50-30-35-19-11-4-12-20-35)41(49-29-34-17-9-3-10-18-34)26-38(51-44)31-48-28-33-15-7-2-8-16-33/h1-20,23-25,36,38,41H,21-22,26-31H2,(H,45,46,47)/t38-,41+,44+/m1/s1. The average Bonchev–Trinajstić information content (AvgIpc) is 3.98. The summed E-state index contributed by atoms with van der Waals surface area (Å²) < 4.78 is 27.0. The van der Waals surface area contributed by atoms with Crippen LogP contribution in [0.5, 0.6) is 0 Å². The molecular weight excluding hydrogens is 635 g/mol. The monoisotopic (exact) mass is 677 g/mol. The topological polar surface area (TPSA) is 74.7 Å². The van der Waals surface area contributed by atoms with Gasteiger partial charge in [-0.2, -0.15) is 0 Å². The van der Waals surface area contributed by atoms with Crippen LogP contribution in [0.1, 0.15) is 58.8 Å². The SMILES string of the molecule is c1ccc(CNc2nc(C3CC3)nc3cc([C@]4(OCc5ccccc5)O[C@@H](COCc5ccccc5)C[C@@H]4OCc4ccccc4)ccc23)cc1. The van der Waals surface area contributed by atoms with Gasteiger partial charge in [-0.05, 0) is 47.2 Å². The molecule has 0 radical (unpaired) electrons. The van der Waals surface area contributed by atoms with Gasteiger partial charge in [0.25, 0.3) is 0 Å². The Bertz CT molecular complexity index is 2010. The molecule has 7 nitrogen and oxygen atoms in total. The number of rotatable bonds is 15. The second-order valence-electron chi connectivity index (χ2n) is 13.5. The van der Waals surface area contributed by atoms with Crippen molar-refractivity contribution in [3.05, 3.63) is 173 Å². The third-order valence-corrected chi connectivity index (χ3v) is 9.61. The van der Waals surface area contributed by atoms with Crippen molar-refractivity contribution in [3.63, 3.8) is 0 Å². The van der Waals surface area contributed by atoms with Crippen LogP contribution in [-0.2, 0) is 51.1 Å². The van der Waals surface area contributed by atoms with E-state index < -0.39 is 11.9 Å². The van der Waals surface area contributed by atoms with Gasteiger partial charge in [-0.25, -0.2) is 9.97 Å². The lowest BCUT2D eigenvalue weighted by molar-refractivity contribution is -0.285. The Morgan fingerprint density at radius 1 is 0.667 bits per heavy atom. The number of hydrogen-bond acceptors (Lipinski definition) is 7. The Hall–Kier alpha value is -4.92. The number of benzene rings is 5. The van der Waals surface area contributed by atoms with Crippen molar-refractivity contribution in [2.24, 2.45) is 0 Å². The van der Waals surface area contributed by atoms with E-state index >= 15 is 0 Å². The first-order valence-electron chi connectivity index (χ1n) is 17.9. The number of nitrogens with one attached hydrogen (secondary N) is 1. The summed E-state index contributed by atoms with van der Waals surface area (Å²) in [6.45, 7) is 2.36. The molecule has 6 aromatic rings. The minimum Gasteiger partial charge on any atom is -0.374 e. The van der Waals surface area contributed by atoms with Gasteiger partial charge in [-0.15, -0.1) is 0 Å². The number of aromatic nitrogens is 2. The molecule has 0 bridgehead atoms. The first-order valence-corrected chi connectivity index (χ1v) is 17.9. The molecule has 7 heteroatoms. The third-order valence-electron chi connectivity index (χ3n) is 9.61. The number of hydrogen-bond donors (Lipinski definition) is 1. The first kappa shape index (κ1) is 33.2. The Morgan fingerprint density at radius 3 is 1.92 bits per heavy atom. The third kappa shape index (κ3) is 8.03. The molecule has 1 aliphatic heterocycles. The van der Waals surface area contributed by atoms with Crippen LogP contribution in [0.15, 0.2) is 140 Å². The predicted octanol–water partition coefficient (Wildman–Crippen LogP) is 9.08. The Labute approximate surface area is 299 Å². The van der Waals surface area contributed by atoms with Gasteiger partial charge in [0, 0.05) is 29.8 Å². The molecule has 51 heavy (non-hydrogen) atoms. The van der Waals surface area contributed by atoms with E-state index in [-0.39, 0.29) is 6.10 Å². The minimum atomic E-state index is -1.21. The van der Waals surface area contributed by atoms with Crippen molar-refractivity contribution < 1.29 is 18.9 Å². The smallest absolute Gasteiger partial charge is 0.222 e. The van der Waals surface area contributed by atoms with Crippen molar-refractivity contribution in [1.29, 1.82) is 0 Å². The fourth-order valence-electron chi connectivity index (χ4n) is 6.73. The summed E-state index contributed by atoms with van der Waals surface area (Å²) in [6.07, 6.45) is 2.16. The fourth-order valence-corrected chi connectivity index (χ4v) is 6.73. The van der Waals surface area contributed by atoms with Gasteiger partial charge in [0.15, 0.2) is 0 Å². The van der Waals surface area contributed by atoms with Crippen LogP contribution in [0.2, 0.25) is 0 Å². The summed E-state index contributed by atoms with van der Waals surface area (Å²) in [5.41, 5.74) is 6.18. The highest BCUT2D eigenvalue weighted by molar-refractivity contribution is 5.89. The molecule has 5 aromatic carbocycles.